The molecule has 2 aliphatic carbocycles. The van der Waals surface area contributed by atoms with Crippen molar-refractivity contribution in [2.24, 2.45) is 11.3 Å². The van der Waals surface area contributed by atoms with Crippen LogP contribution in [0.1, 0.15) is 49.8 Å². The van der Waals surface area contributed by atoms with E-state index in [1.54, 1.807) is 11.1 Å². The van der Waals surface area contributed by atoms with Gasteiger partial charge in [0.15, 0.2) is 0 Å². The molecule has 0 N–H and O–H groups in total. The largest absolute Gasteiger partial charge is 0.0833 e. The number of hydrogen-bond acceptors (Lipinski definition) is 0. The fourth-order valence-corrected chi connectivity index (χ4v) is 3.52. The SMILES string of the molecule is CC(C)(C)C1Cc2cccc3c2C1CC=C3. The second-order valence-electron chi connectivity index (χ2n) is 6.34. The molecule has 0 saturated heterocycles. The zero-order valence-electron chi connectivity index (χ0n) is 10.5. The van der Waals surface area contributed by atoms with Crippen LogP contribution in [0.4, 0.5) is 0 Å². The molecule has 2 unspecified atom stereocenters. The molecule has 0 fully saturated rings. The van der Waals surface area contributed by atoms with Gasteiger partial charge in [-0.1, -0.05) is 51.1 Å². The van der Waals surface area contributed by atoms with Crippen molar-refractivity contribution in [2.75, 3.05) is 0 Å². The van der Waals surface area contributed by atoms with E-state index in [4.69, 9.17) is 0 Å². The highest BCUT2D eigenvalue weighted by atomic mass is 14.4. The van der Waals surface area contributed by atoms with Gasteiger partial charge in [0.25, 0.3) is 0 Å². The van der Waals surface area contributed by atoms with Gasteiger partial charge in [-0.25, -0.2) is 0 Å². The van der Waals surface area contributed by atoms with Crippen LogP contribution in [-0.4, -0.2) is 0 Å². The number of benzene rings is 1. The van der Waals surface area contributed by atoms with E-state index in [1.807, 2.05) is 0 Å². The van der Waals surface area contributed by atoms with E-state index < -0.39 is 0 Å². The van der Waals surface area contributed by atoms with Crippen molar-refractivity contribution in [3.63, 3.8) is 0 Å². The molecular weight excluding hydrogens is 192 g/mol. The van der Waals surface area contributed by atoms with Crippen LogP contribution >= 0.6 is 0 Å². The van der Waals surface area contributed by atoms with Crippen molar-refractivity contribution in [3.8, 4) is 0 Å². The molecule has 84 valence electrons. The van der Waals surface area contributed by atoms with Gasteiger partial charge in [-0.05, 0) is 46.8 Å². The van der Waals surface area contributed by atoms with Crippen LogP contribution < -0.4 is 0 Å². The zero-order chi connectivity index (χ0) is 11.3. The first-order valence-corrected chi connectivity index (χ1v) is 6.36. The van der Waals surface area contributed by atoms with Gasteiger partial charge in [-0.15, -0.1) is 0 Å². The van der Waals surface area contributed by atoms with Gasteiger partial charge in [0.05, 0.1) is 0 Å². The third-order valence-electron chi connectivity index (χ3n) is 4.33. The third-order valence-corrected chi connectivity index (χ3v) is 4.33. The first-order chi connectivity index (χ1) is 7.57. The molecule has 0 bridgehead atoms. The van der Waals surface area contributed by atoms with Crippen molar-refractivity contribution < 1.29 is 0 Å². The lowest BCUT2D eigenvalue weighted by molar-refractivity contribution is 0.214. The summed E-state index contributed by atoms with van der Waals surface area (Å²) in [5.74, 6) is 1.59. The predicted molar refractivity (Wildman–Crippen MR) is 69.5 cm³/mol. The van der Waals surface area contributed by atoms with Crippen molar-refractivity contribution in [2.45, 2.75) is 39.5 Å². The Hall–Kier alpha value is -1.04. The summed E-state index contributed by atoms with van der Waals surface area (Å²) < 4.78 is 0. The summed E-state index contributed by atoms with van der Waals surface area (Å²) in [6, 6.07) is 6.81. The lowest BCUT2D eigenvalue weighted by Crippen LogP contribution is -2.24. The van der Waals surface area contributed by atoms with Crippen molar-refractivity contribution in [3.05, 3.63) is 41.0 Å². The molecule has 0 nitrogen and oxygen atoms in total. The topological polar surface area (TPSA) is 0 Å². The summed E-state index contributed by atoms with van der Waals surface area (Å²) in [6.45, 7) is 7.17. The Balaban J connectivity index is 2.11. The fourth-order valence-electron chi connectivity index (χ4n) is 3.52. The molecule has 0 heteroatoms. The van der Waals surface area contributed by atoms with Gasteiger partial charge >= 0.3 is 0 Å². The molecule has 1 aromatic carbocycles. The van der Waals surface area contributed by atoms with E-state index in [-0.39, 0.29) is 0 Å². The van der Waals surface area contributed by atoms with E-state index in [2.05, 4.69) is 51.1 Å². The highest BCUT2D eigenvalue weighted by Gasteiger charge is 2.40. The molecule has 1 aromatic rings. The first-order valence-electron chi connectivity index (χ1n) is 6.36. The minimum Gasteiger partial charge on any atom is -0.0833 e. The smallest absolute Gasteiger partial charge is 0.00821 e. The van der Waals surface area contributed by atoms with Crippen LogP contribution in [0.5, 0.6) is 0 Å². The van der Waals surface area contributed by atoms with Crippen LogP contribution in [0, 0.1) is 11.3 Å². The lowest BCUT2D eigenvalue weighted by atomic mass is 9.71. The maximum absolute atomic E-state index is 2.39. The Morgan fingerprint density at radius 3 is 2.75 bits per heavy atom. The molecule has 3 rings (SSSR count). The molecule has 2 atom stereocenters. The summed E-state index contributed by atoms with van der Waals surface area (Å²) in [5, 5.41) is 0. The Kier molecular flexibility index (Phi) is 2.04. The number of hydrogen-bond donors (Lipinski definition) is 0. The van der Waals surface area contributed by atoms with E-state index in [0.717, 1.165) is 11.8 Å². The van der Waals surface area contributed by atoms with Crippen LogP contribution in [0.3, 0.4) is 0 Å². The van der Waals surface area contributed by atoms with Crippen LogP contribution in [0.2, 0.25) is 0 Å². The molecule has 0 amide bonds. The van der Waals surface area contributed by atoms with Crippen LogP contribution in [-0.2, 0) is 6.42 Å². The normalized spacial score (nSPS) is 26.9. The second kappa shape index (κ2) is 3.23. The minimum absolute atomic E-state index is 0.423. The summed E-state index contributed by atoms with van der Waals surface area (Å²) in [4.78, 5) is 0. The Morgan fingerprint density at radius 2 is 2.00 bits per heavy atom. The Morgan fingerprint density at radius 1 is 1.19 bits per heavy atom. The van der Waals surface area contributed by atoms with Gasteiger partial charge in [-0.3, -0.25) is 0 Å². The highest BCUT2D eigenvalue weighted by molar-refractivity contribution is 5.61. The third kappa shape index (κ3) is 1.36. The Labute approximate surface area is 98.4 Å². The number of rotatable bonds is 0. The highest BCUT2D eigenvalue weighted by Crippen LogP contribution is 2.51. The maximum atomic E-state index is 2.39. The zero-order valence-corrected chi connectivity index (χ0v) is 10.5. The molecule has 16 heavy (non-hydrogen) atoms. The molecule has 0 heterocycles. The van der Waals surface area contributed by atoms with Crippen molar-refractivity contribution >= 4 is 6.08 Å². The molecule has 0 spiro atoms. The second-order valence-corrected chi connectivity index (χ2v) is 6.34. The molecule has 0 radical (unpaired) electrons. The standard InChI is InChI=1S/C16H20/c1-16(2,3)14-10-12-8-4-6-11-7-5-9-13(14)15(11)12/h4-8,13-14H,9-10H2,1-3H3. The van der Waals surface area contributed by atoms with Gasteiger partial charge < -0.3 is 0 Å². The van der Waals surface area contributed by atoms with Gasteiger partial charge in [-0.2, -0.15) is 0 Å². The van der Waals surface area contributed by atoms with E-state index in [9.17, 15) is 0 Å². The predicted octanol–water partition coefficient (Wildman–Crippen LogP) is 4.41. The summed E-state index contributed by atoms with van der Waals surface area (Å²) >= 11 is 0. The summed E-state index contributed by atoms with van der Waals surface area (Å²) in [6.07, 6.45) is 7.19. The van der Waals surface area contributed by atoms with Crippen molar-refractivity contribution in [1.29, 1.82) is 0 Å². The van der Waals surface area contributed by atoms with Gasteiger partial charge in [0.2, 0.25) is 0 Å². The minimum atomic E-state index is 0.423. The van der Waals surface area contributed by atoms with E-state index in [0.29, 0.717) is 5.41 Å². The van der Waals surface area contributed by atoms with Gasteiger partial charge in [0.1, 0.15) is 0 Å². The quantitative estimate of drug-likeness (QED) is 0.597. The average molecular weight is 212 g/mol. The molecule has 0 saturated carbocycles. The van der Waals surface area contributed by atoms with Gasteiger partial charge in [0, 0.05) is 0 Å². The molecule has 0 aliphatic heterocycles. The van der Waals surface area contributed by atoms with Crippen molar-refractivity contribution in [1.82, 2.24) is 0 Å². The first kappa shape index (κ1) is 10.1. The van der Waals surface area contributed by atoms with E-state index >= 15 is 0 Å². The fraction of sp³-hybridized carbons (Fsp3) is 0.500. The monoisotopic (exact) mass is 212 g/mol. The summed E-state index contributed by atoms with van der Waals surface area (Å²) in [7, 11) is 0. The van der Waals surface area contributed by atoms with Crippen LogP contribution in [0.25, 0.3) is 6.08 Å². The average Bonchev–Trinajstić information content (AvgIpc) is 2.60. The number of allylic oxidation sites excluding steroid dienone is 1. The van der Waals surface area contributed by atoms with Crippen LogP contribution in [0.15, 0.2) is 24.3 Å². The van der Waals surface area contributed by atoms with E-state index in [1.165, 1.54) is 18.4 Å². The maximum Gasteiger partial charge on any atom is -0.00821 e. The molecule has 0 aromatic heterocycles. The Bertz CT molecular complexity index is 446. The molecule has 2 aliphatic rings. The summed E-state index contributed by atoms with van der Waals surface area (Å²) in [5.41, 5.74) is 5.16. The molecular formula is C16H20. The lowest BCUT2D eigenvalue weighted by Gasteiger charge is -2.33.